The first kappa shape index (κ1) is 24.0. The second-order valence-corrected chi connectivity index (χ2v) is 10.1. The number of carbonyl (C=O) groups is 1. The van der Waals surface area contributed by atoms with Crippen molar-refractivity contribution in [3.63, 3.8) is 0 Å². The number of hydrogen-bond donors (Lipinski definition) is 3. The van der Waals surface area contributed by atoms with Crippen molar-refractivity contribution in [2.45, 2.75) is 52.0 Å². The number of amides is 1. The first-order chi connectivity index (χ1) is 15.1. The van der Waals surface area contributed by atoms with Crippen molar-refractivity contribution in [2.75, 3.05) is 35.8 Å². The second-order valence-electron chi connectivity index (χ2n) is 8.45. The van der Waals surface area contributed by atoms with Gasteiger partial charge in [0.25, 0.3) is 15.9 Å². The van der Waals surface area contributed by atoms with Crippen LogP contribution < -0.4 is 20.3 Å². The maximum atomic E-state index is 13.4. The number of rotatable bonds is 7. The van der Waals surface area contributed by atoms with Gasteiger partial charge < -0.3 is 15.5 Å². The summed E-state index contributed by atoms with van der Waals surface area (Å²) >= 11 is 0. The van der Waals surface area contributed by atoms with Crippen LogP contribution in [0.3, 0.4) is 0 Å². The highest BCUT2D eigenvalue weighted by molar-refractivity contribution is 7.92. The molecule has 3 rings (SSSR count). The van der Waals surface area contributed by atoms with Gasteiger partial charge in [0.05, 0.1) is 16.1 Å². The number of pyridine rings is 1. The summed E-state index contributed by atoms with van der Waals surface area (Å²) in [6, 6.07) is 5.30. The van der Waals surface area contributed by atoms with Gasteiger partial charge in [-0.3, -0.25) is 9.52 Å². The molecule has 1 saturated heterocycles. The maximum absolute atomic E-state index is 13.4. The minimum atomic E-state index is -3.89. The zero-order valence-electron chi connectivity index (χ0n) is 19.4. The molecule has 0 spiro atoms. The van der Waals surface area contributed by atoms with Crippen molar-refractivity contribution in [1.82, 2.24) is 15.6 Å². The lowest BCUT2D eigenvalue weighted by atomic mass is 10.1. The summed E-state index contributed by atoms with van der Waals surface area (Å²) in [5, 5.41) is 6.19. The molecule has 3 N–H and O–H groups in total. The predicted octanol–water partition coefficient (Wildman–Crippen LogP) is 2.75. The van der Waals surface area contributed by atoms with E-state index in [1.807, 2.05) is 37.8 Å². The molecule has 2 aromatic rings. The first-order valence-corrected chi connectivity index (χ1v) is 12.5. The van der Waals surface area contributed by atoms with Crippen molar-refractivity contribution in [1.29, 1.82) is 0 Å². The fraction of sp³-hybridized carbons (Fsp3) is 0.478. The Bertz CT molecular complexity index is 1070. The molecule has 8 nitrogen and oxygen atoms in total. The molecule has 1 atom stereocenters. The third-order valence-electron chi connectivity index (χ3n) is 5.65. The van der Waals surface area contributed by atoms with Crippen molar-refractivity contribution < 1.29 is 13.2 Å². The molecule has 1 aliphatic rings. The minimum Gasteiger partial charge on any atom is -0.352 e. The molecular formula is C23H33N5O3S. The van der Waals surface area contributed by atoms with Crippen LogP contribution in [0.4, 0.5) is 11.5 Å². The highest BCUT2D eigenvalue weighted by Crippen LogP contribution is 2.30. The van der Waals surface area contributed by atoms with Crippen molar-refractivity contribution >= 4 is 27.4 Å². The van der Waals surface area contributed by atoms with E-state index in [1.54, 1.807) is 19.9 Å². The van der Waals surface area contributed by atoms with Crippen LogP contribution in [0.25, 0.3) is 0 Å². The smallest absolute Gasteiger partial charge is 0.262 e. The fourth-order valence-electron chi connectivity index (χ4n) is 3.98. The van der Waals surface area contributed by atoms with E-state index in [0.717, 1.165) is 25.1 Å². The molecule has 1 fully saturated rings. The summed E-state index contributed by atoms with van der Waals surface area (Å²) in [6.45, 7) is 12.4. The van der Waals surface area contributed by atoms with Crippen LogP contribution in [-0.4, -0.2) is 51.5 Å². The zero-order chi connectivity index (χ0) is 23.5. The van der Waals surface area contributed by atoms with Crippen LogP contribution in [-0.2, 0) is 10.0 Å². The summed E-state index contributed by atoms with van der Waals surface area (Å²) < 4.78 is 29.6. The lowest BCUT2D eigenvalue weighted by Crippen LogP contribution is -2.44. The average molecular weight is 460 g/mol. The van der Waals surface area contributed by atoms with Crippen LogP contribution in [0.2, 0.25) is 0 Å². The van der Waals surface area contributed by atoms with Gasteiger partial charge in [-0.1, -0.05) is 24.6 Å². The lowest BCUT2D eigenvalue weighted by Gasteiger charge is -2.30. The largest absolute Gasteiger partial charge is 0.352 e. The second kappa shape index (κ2) is 9.87. The lowest BCUT2D eigenvalue weighted by molar-refractivity contribution is 0.0939. The van der Waals surface area contributed by atoms with E-state index in [4.69, 9.17) is 0 Å². The molecule has 9 heteroatoms. The van der Waals surface area contributed by atoms with Crippen molar-refractivity contribution in [3.05, 3.63) is 46.6 Å². The average Bonchev–Trinajstić information content (AvgIpc) is 2.72. The molecule has 1 aromatic carbocycles. The topological polar surface area (TPSA) is 103 Å². The summed E-state index contributed by atoms with van der Waals surface area (Å²) in [5.74, 6) is 0.249. The zero-order valence-corrected chi connectivity index (χ0v) is 20.3. The Morgan fingerprint density at radius 2 is 1.78 bits per heavy atom. The molecule has 174 valence electrons. The fourth-order valence-corrected chi connectivity index (χ4v) is 5.49. The predicted molar refractivity (Wildman–Crippen MR) is 128 cm³/mol. The van der Waals surface area contributed by atoms with Crippen LogP contribution in [0.15, 0.2) is 29.3 Å². The number of aryl methyl sites for hydroxylation is 3. The number of carbonyl (C=O) groups excluding carboxylic acids is 1. The van der Waals surface area contributed by atoms with Gasteiger partial charge in [-0.2, -0.15) is 0 Å². The Morgan fingerprint density at radius 1 is 1.16 bits per heavy atom. The van der Waals surface area contributed by atoms with E-state index in [1.165, 1.54) is 6.20 Å². The van der Waals surface area contributed by atoms with Gasteiger partial charge in [0.2, 0.25) is 0 Å². The van der Waals surface area contributed by atoms with Gasteiger partial charge in [0, 0.05) is 38.4 Å². The quantitative estimate of drug-likeness (QED) is 0.588. The van der Waals surface area contributed by atoms with Crippen molar-refractivity contribution in [2.24, 2.45) is 0 Å². The summed E-state index contributed by atoms with van der Waals surface area (Å²) in [6.07, 6.45) is 2.30. The van der Waals surface area contributed by atoms with E-state index in [2.05, 4.69) is 20.3 Å². The molecule has 32 heavy (non-hydrogen) atoms. The molecule has 0 aliphatic carbocycles. The summed E-state index contributed by atoms with van der Waals surface area (Å²) in [4.78, 5) is 19.5. The van der Waals surface area contributed by atoms with E-state index < -0.39 is 10.0 Å². The number of hydrogen-bond acceptors (Lipinski definition) is 6. The van der Waals surface area contributed by atoms with E-state index in [-0.39, 0.29) is 16.8 Å². The molecule has 0 saturated carbocycles. The number of nitrogens with one attached hydrogen (secondary N) is 3. The third-order valence-corrected chi connectivity index (χ3v) is 7.32. The Balaban J connectivity index is 2.03. The van der Waals surface area contributed by atoms with E-state index in [0.29, 0.717) is 41.3 Å². The summed E-state index contributed by atoms with van der Waals surface area (Å²) in [5.41, 5.74) is 2.99. The number of sulfonamides is 1. The monoisotopic (exact) mass is 459 g/mol. The Morgan fingerprint density at radius 3 is 2.38 bits per heavy atom. The molecule has 1 unspecified atom stereocenters. The number of aromatic nitrogens is 1. The first-order valence-electron chi connectivity index (χ1n) is 11.0. The van der Waals surface area contributed by atoms with Gasteiger partial charge >= 0.3 is 0 Å². The molecule has 1 aromatic heterocycles. The van der Waals surface area contributed by atoms with Gasteiger partial charge in [-0.15, -0.1) is 0 Å². The molecular weight excluding hydrogens is 426 g/mol. The normalized spacial score (nSPS) is 15.3. The molecule has 1 amide bonds. The van der Waals surface area contributed by atoms with E-state index >= 15 is 0 Å². The van der Waals surface area contributed by atoms with Gasteiger partial charge in [-0.05, 0) is 51.3 Å². The number of anilines is 2. The number of piperazine rings is 1. The molecule has 0 radical (unpaired) electrons. The number of benzene rings is 1. The maximum Gasteiger partial charge on any atom is 0.262 e. The van der Waals surface area contributed by atoms with E-state index in [9.17, 15) is 13.2 Å². The van der Waals surface area contributed by atoms with Crippen LogP contribution in [0, 0.1) is 20.8 Å². The van der Waals surface area contributed by atoms with Crippen LogP contribution in [0.5, 0.6) is 0 Å². The Hall–Kier alpha value is -2.65. The third kappa shape index (κ3) is 5.39. The molecule has 2 heterocycles. The minimum absolute atomic E-state index is 0.00773. The highest BCUT2D eigenvalue weighted by atomic mass is 32.2. The van der Waals surface area contributed by atoms with Crippen LogP contribution >= 0.6 is 0 Å². The standard InChI is InChI=1S/C23H33N5O3S/c1-6-18(5)26-23(29)19-13-20(22(25-14-19)28-9-7-24-8-10-28)27-32(30,31)21-16(3)11-15(2)12-17(21)4/h11-14,18,24,27H,6-10H2,1-5H3,(H,26,29). The highest BCUT2D eigenvalue weighted by Gasteiger charge is 2.25. The molecule has 1 aliphatic heterocycles. The van der Waals surface area contributed by atoms with Gasteiger partial charge in [0.15, 0.2) is 5.82 Å². The Kier molecular flexibility index (Phi) is 7.40. The SMILES string of the molecule is CCC(C)NC(=O)c1cnc(N2CCNCC2)c(NS(=O)(=O)c2c(C)cc(C)cc2C)c1. The number of nitrogens with zero attached hydrogens (tertiary/aromatic N) is 2. The summed E-state index contributed by atoms with van der Waals surface area (Å²) in [7, 11) is -3.89. The molecule has 0 bridgehead atoms. The van der Waals surface area contributed by atoms with Crippen LogP contribution in [0.1, 0.15) is 47.3 Å². The Labute approximate surface area is 190 Å². The van der Waals surface area contributed by atoms with Gasteiger partial charge in [0.1, 0.15) is 0 Å². The van der Waals surface area contributed by atoms with Gasteiger partial charge in [-0.25, -0.2) is 13.4 Å². The van der Waals surface area contributed by atoms with Crippen molar-refractivity contribution in [3.8, 4) is 0 Å².